The van der Waals surface area contributed by atoms with E-state index in [0.717, 1.165) is 11.6 Å². The van der Waals surface area contributed by atoms with Crippen LogP contribution in [-0.4, -0.2) is 26.1 Å². The Morgan fingerprint density at radius 2 is 1.90 bits per heavy atom. The van der Waals surface area contributed by atoms with Gasteiger partial charge in [-0.25, -0.2) is 0 Å². The Morgan fingerprint density at radius 3 is 2.57 bits per heavy atom. The van der Waals surface area contributed by atoms with Gasteiger partial charge in [-0.3, -0.25) is 0 Å². The summed E-state index contributed by atoms with van der Waals surface area (Å²) in [4.78, 5) is 0. The number of rotatable bonds is 4. The summed E-state index contributed by atoms with van der Waals surface area (Å²) in [6, 6.07) is 0.975. The lowest BCUT2D eigenvalue weighted by Crippen LogP contribution is -2.41. The van der Waals surface area contributed by atoms with Crippen LogP contribution in [0.3, 0.4) is 0 Å². The van der Waals surface area contributed by atoms with Crippen molar-refractivity contribution in [3.8, 4) is 0 Å². The molecule has 2 atom stereocenters. The first-order valence-electron chi connectivity index (χ1n) is 8.40. The van der Waals surface area contributed by atoms with Crippen molar-refractivity contribution >= 4 is 11.8 Å². The van der Waals surface area contributed by atoms with Crippen molar-refractivity contribution in [3.63, 3.8) is 0 Å². The number of hydrogen-bond donors (Lipinski definition) is 1. The summed E-state index contributed by atoms with van der Waals surface area (Å²) in [7, 11) is 0. The maximum absolute atomic E-state index is 6.39. The van der Waals surface area contributed by atoms with E-state index in [9.17, 15) is 0 Å². The SMILES string of the molecule is CC1(C)CCC(N)C(Sc2nnc(C3CC3)n2C2CC2)C1. The summed E-state index contributed by atoms with van der Waals surface area (Å²) >= 11 is 1.90. The smallest absolute Gasteiger partial charge is 0.191 e. The molecule has 1 aromatic heterocycles. The number of aromatic nitrogens is 3. The largest absolute Gasteiger partial charge is 0.327 e. The summed E-state index contributed by atoms with van der Waals surface area (Å²) < 4.78 is 2.46. The topological polar surface area (TPSA) is 56.7 Å². The van der Waals surface area contributed by atoms with Crippen LogP contribution in [0, 0.1) is 5.41 Å². The Labute approximate surface area is 131 Å². The number of nitrogens with two attached hydrogens (primary N) is 1. The molecule has 116 valence electrons. The Balaban J connectivity index is 1.56. The molecule has 0 spiro atoms. The van der Waals surface area contributed by atoms with Gasteiger partial charge in [-0.05, 0) is 50.4 Å². The summed E-state index contributed by atoms with van der Waals surface area (Å²) in [5, 5.41) is 10.7. The molecule has 2 unspecified atom stereocenters. The quantitative estimate of drug-likeness (QED) is 0.925. The first-order chi connectivity index (χ1) is 10.0. The normalized spacial score (nSPS) is 32.3. The van der Waals surface area contributed by atoms with Crippen molar-refractivity contribution in [2.45, 2.75) is 87.2 Å². The Morgan fingerprint density at radius 1 is 1.14 bits per heavy atom. The van der Waals surface area contributed by atoms with E-state index >= 15 is 0 Å². The lowest BCUT2D eigenvalue weighted by molar-refractivity contribution is 0.232. The molecule has 0 saturated heterocycles. The lowest BCUT2D eigenvalue weighted by Gasteiger charge is -2.38. The van der Waals surface area contributed by atoms with Crippen molar-refractivity contribution < 1.29 is 0 Å². The second-order valence-corrected chi connectivity index (χ2v) is 9.15. The summed E-state index contributed by atoms with van der Waals surface area (Å²) in [5.41, 5.74) is 6.80. The highest BCUT2D eigenvalue weighted by atomic mass is 32.2. The van der Waals surface area contributed by atoms with Gasteiger partial charge in [0.15, 0.2) is 5.16 Å². The summed E-state index contributed by atoms with van der Waals surface area (Å²) in [6.45, 7) is 4.74. The van der Waals surface area contributed by atoms with E-state index in [0.29, 0.717) is 28.7 Å². The fraction of sp³-hybridized carbons (Fsp3) is 0.875. The van der Waals surface area contributed by atoms with Gasteiger partial charge in [0.2, 0.25) is 0 Å². The first kappa shape index (κ1) is 14.1. The van der Waals surface area contributed by atoms with Crippen LogP contribution in [0.1, 0.15) is 76.6 Å². The molecule has 3 fully saturated rings. The summed E-state index contributed by atoms with van der Waals surface area (Å²) in [5.74, 6) is 1.94. The second-order valence-electron chi connectivity index (χ2n) is 7.94. The van der Waals surface area contributed by atoms with E-state index in [1.165, 1.54) is 44.3 Å². The Hall–Kier alpha value is -0.550. The molecule has 0 aromatic carbocycles. The van der Waals surface area contributed by atoms with Gasteiger partial charge in [0.25, 0.3) is 0 Å². The standard InChI is InChI=1S/C16H26N4S/c1-16(2)8-7-12(17)13(9-16)21-15-19-18-14(10-3-4-10)20(15)11-5-6-11/h10-13H,3-9,17H2,1-2H3. The van der Waals surface area contributed by atoms with E-state index < -0.39 is 0 Å². The Kier molecular flexibility index (Phi) is 3.34. The van der Waals surface area contributed by atoms with E-state index in [2.05, 4.69) is 28.6 Å². The minimum atomic E-state index is 0.303. The molecule has 0 aliphatic heterocycles. The van der Waals surface area contributed by atoms with Gasteiger partial charge in [0.1, 0.15) is 5.82 Å². The zero-order valence-electron chi connectivity index (χ0n) is 13.1. The maximum atomic E-state index is 6.39. The molecule has 4 rings (SSSR count). The fourth-order valence-electron chi connectivity index (χ4n) is 3.47. The molecule has 3 aliphatic carbocycles. The highest BCUT2D eigenvalue weighted by molar-refractivity contribution is 7.99. The van der Waals surface area contributed by atoms with Gasteiger partial charge in [0.05, 0.1) is 0 Å². The molecule has 0 bridgehead atoms. The van der Waals surface area contributed by atoms with Crippen molar-refractivity contribution in [2.75, 3.05) is 0 Å². The van der Waals surface area contributed by atoms with Crippen LogP contribution in [0.4, 0.5) is 0 Å². The maximum Gasteiger partial charge on any atom is 0.191 e. The minimum Gasteiger partial charge on any atom is -0.327 e. The van der Waals surface area contributed by atoms with Crippen LogP contribution in [0.2, 0.25) is 0 Å². The highest BCUT2D eigenvalue weighted by Gasteiger charge is 2.39. The van der Waals surface area contributed by atoms with Crippen molar-refractivity contribution in [2.24, 2.45) is 11.1 Å². The van der Waals surface area contributed by atoms with Crippen LogP contribution in [0.5, 0.6) is 0 Å². The van der Waals surface area contributed by atoms with Gasteiger partial charge in [-0.1, -0.05) is 25.6 Å². The van der Waals surface area contributed by atoms with Crippen LogP contribution in [-0.2, 0) is 0 Å². The summed E-state index contributed by atoms with van der Waals surface area (Å²) in [6.07, 6.45) is 8.76. The second kappa shape index (κ2) is 4.98. The van der Waals surface area contributed by atoms with Gasteiger partial charge in [-0.15, -0.1) is 10.2 Å². The molecule has 21 heavy (non-hydrogen) atoms. The molecule has 0 amide bonds. The average Bonchev–Trinajstić information content (AvgIpc) is 3.33. The molecule has 2 N–H and O–H groups in total. The lowest BCUT2D eigenvalue weighted by atomic mass is 9.75. The molecule has 0 radical (unpaired) electrons. The van der Waals surface area contributed by atoms with E-state index in [1.54, 1.807) is 0 Å². The molecule has 1 heterocycles. The number of thioether (sulfide) groups is 1. The predicted molar refractivity (Wildman–Crippen MR) is 85.5 cm³/mol. The van der Waals surface area contributed by atoms with Crippen LogP contribution >= 0.6 is 11.8 Å². The number of nitrogens with zero attached hydrogens (tertiary/aromatic N) is 3. The van der Waals surface area contributed by atoms with Gasteiger partial charge in [0, 0.05) is 23.3 Å². The third kappa shape index (κ3) is 2.87. The monoisotopic (exact) mass is 306 g/mol. The van der Waals surface area contributed by atoms with Crippen LogP contribution < -0.4 is 5.73 Å². The zero-order chi connectivity index (χ0) is 14.6. The molecular formula is C16H26N4S. The minimum absolute atomic E-state index is 0.303. The highest BCUT2D eigenvalue weighted by Crippen LogP contribution is 2.48. The third-order valence-electron chi connectivity index (χ3n) is 5.19. The van der Waals surface area contributed by atoms with E-state index in [-0.39, 0.29) is 0 Å². The van der Waals surface area contributed by atoms with Gasteiger partial charge < -0.3 is 10.3 Å². The Bertz CT molecular complexity index is 530. The zero-order valence-corrected chi connectivity index (χ0v) is 13.9. The van der Waals surface area contributed by atoms with Crippen LogP contribution in [0.25, 0.3) is 0 Å². The molecule has 1 aromatic rings. The van der Waals surface area contributed by atoms with Crippen molar-refractivity contribution in [1.82, 2.24) is 14.8 Å². The molecule has 3 aliphatic rings. The van der Waals surface area contributed by atoms with E-state index in [1.807, 2.05) is 11.8 Å². The van der Waals surface area contributed by atoms with Crippen molar-refractivity contribution in [1.29, 1.82) is 0 Å². The van der Waals surface area contributed by atoms with Gasteiger partial charge >= 0.3 is 0 Å². The fourth-order valence-corrected chi connectivity index (χ4v) is 5.03. The third-order valence-corrected chi connectivity index (χ3v) is 6.50. The molecule has 4 nitrogen and oxygen atoms in total. The molecule has 5 heteroatoms. The van der Waals surface area contributed by atoms with E-state index in [4.69, 9.17) is 5.73 Å². The van der Waals surface area contributed by atoms with Gasteiger partial charge in [-0.2, -0.15) is 0 Å². The molecular weight excluding hydrogens is 280 g/mol. The average molecular weight is 306 g/mol. The molecule has 3 saturated carbocycles. The first-order valence-corrected chi connectivity index (χ1v) is 9.28. The predicted octanol–water partition coefficient (Wildman–Crippen LogP) is 3.49. The van der Waals surface area contributed by atoms with Crippen molar-refractivity contribution in [3.05, 3.63) is 5.82 Å². The van der Waals surface area contributed by atoms with Crippen LogP contribution in [0.15, 0.2) is 5.16 Å². The number of hydrogen-bond acceptors (Lipinski definition) is 4.